The third-order valence-electron chi connectivity index (χ3n) is 2.18. The Kier molecular flexibility index (Phi) is 3.35. The molecule has 1 saturated heterocycles. The average Bonchev–Trinajstić information content (AvgIpc) is 2.54. The van der Waals surface area contributed by atoms with Gasteiger partial charge in [0.25, 0.3) is 5.60 Å². The van der Waals surface area contributed by atoms with Crippen molar-refractivity contribution in [2.45, 2.75) is 25.0 Å². The third kappa shape index (κ3) is 2.19. The van der Waals surface area contributed by atoms with Gasteiger partial charge in [0.15, 0.2) is 0 Å². The van der Waals surface area contributed by atoms with Gasteiger partial charge in [0.2, 0.25) is 6.10 Å². The molecule has 8 heteroatoms. The fraction of sp³-hybridized carbons (Fsp3) is 0.556. The Bertz CT molecular complexity index is 386. The van der Waals surface area contributed by atoms with Crippen molar-refractivity contribution >= 4 is 23.9 Å². The van der Waals surface area contributed by atoms with Crippen LogP contribution in [-0.2, 0) is 33.4 Å². The minimum Gasteiger partial charge on any atom is -0.478 e. The molecule has 0 amide bonds. The van der Waals surface area contributed by atoms with Crippen LogP contribution in [0.5, 0.6) is 0 Å². The summed E-state index contributed by atoms with van der Waals surface area (Å²) in [5.41, 5.74) is -2.35. The van der Waals surface area contributed by atoms with E-state index >= 15 is 0 Å². The predicted molar refractivity (Wildman–Crippen MR) is 48.6 cm³/mol. The number of ether oxygens (including phenoxy) is 3. The van der Waals surface area contributed by atoms with Crippen LogP contribution in [0.3, 0.4) is 0 Å². The van der Waals surface area contributed by atoms with Gasteiger partial charge in [0.1, 0.15) is 6.42 Å². The second kappa shape index (κ2) is 4.40. The van der Waals surface area contributed by atoms with E-state index in [2.05, 4.69) is 14.2 Å². The van der Waals surface area contributed by atoms with E-state index in [0.717, 1.165) is 14.0 Å². The van der Waals surface area contributed by atoms with Crippen LogP contribution in [-0.4, -0.2) is 47.8 Å². The van der Waals surface area contributed by atoms with E-state index in [0.29, 0.717) is 0 Å². The number of esters is 3. The molecular formula is C9H10O8. The molecule has 0 bridgehead atoms. The molecule has 1 fully saturated rings. The van der Waals surface area contributed by atoms with E-state index in [1.54, 1.807) is 0 Å². The lowest BCUT2D eigenvalue weighted by atomic mass is 9.95. The molecule has 1 rings (SSSR count). The minimum atomic E-state index is -2.35. The van der Waals surface area contributed by atoms with Crippen LogP contribution in [0.15, 0.2) is 0 Å². The molecule has 17 heavy (non-hydrogen) atoms. The SMILES string of the molecule is COC(=O)C1OC(=O)CC1(OC(C)=O)C(=O)O. The summed E-state index contributed by atoms with van der Waals surface area (Å²) in [4.78, 5) is 44.4. The molecule has 1 N–H and O–H groups in total. The number of aliphatic carboxylic acids is 1. The molecule has 8 nitrogen and oxygen atoms in total. The second-order valence-electron chi connectivity index (χ2n) is 3.36. The number of carbonyl (C=O) groups excluding carboxylic acids is 3. The summed E-state index contributed by atoms with van der Waals surface area (Å²) in [5.74, 6) is -4.64. The Labute approximate surface area is 95.4 Å². The number of hydrogen-bond donors (Lipinski definition) is 1. The largest absolute Gasteiger partial charge is 0.478 e. The Morgan fingerprint density at radius 3 is 2.47 bits per heavy atom. The normalized spacial score (nSPS) is 27.2. The second-order valence-corrected chi connectivity index (χ2v) is 3.36. The lowest BCUT2D eigenvalue weighted by Crippen LogP contribution is -2.53. The molecule has 0 aliphatic carbocycles. The molecule has 0 saturated carbocycles. The van der Waals surface area contributed by atoms with E-state index < -0.39 is 42.0 Å². The van der Waals surface area contributed by atoms with E-state index in [-0.39, 0.29) is 0 Å². The van der Waals surface area contributed by atoms with Crippen molar-refractivity contribution in [2.75, 3.05) is 7.11 Å². The van der Waals surface area contributed by atoms with Gasteiger partial charge in [-0.05, 0) is 0 Å². The van der Waals surface area contributed by atoms with Crippen LogP contribution in [0.2, 0.25) is 0 Å². The summed E-state index contributed by atoms with van der Waals surface area (Å²) < 4.78 is 13.4. The minimum absolute atomic E-state index is 0.734. The predicted octanol–water partition coefficient (Wildman–Crippen LogP) is -1.14. The zero-order valence-corrected chi connectivity index (χ0v) is 9.09. The molecule has 0 aromatic rings. The summed E-state index contributed by atoms with van der Waals surface area (Å²) in [6.07, 6.45) is -2.52. The van der Waals surface area contributed by atoms with Gasteiger partial charge in [-0.2, -0.15) is 0 Å². The first-order valence-electron chi connectivity index (χ1n) is 4.54. The van der Waals surface area contributed by atoms with Crippen molar-refractivity contribution in [3.8, 4) is 0 Å². The molecule has 1 aliphatic heterocycles. The first-order valence-corrected chi connectivity index (χ1v) is 4.54. The summed E-state index contributed by atoms with van der Waals surface area (Å²) in [6.45, 7) is 0.960. The van der Waals surface area contributed by atoms with Gasteiger partial charge in [-0.15, -0.1) is 0 Å². The van der Waals surface area contributed by atoms with Crippen molar-refractivity contribution < 1.29 is 38.5 Å². The van der Waals surface area contributed by atoms with Gasteiger partial charge in [-0.3, -0.25) is 9.59 Å². The van der Waals surface area contributed by atoms with Gasteiger partial charge in [-0.25, -0.2) is 9.59 Å². The number of carboxylic acids is 1. The number of rotatable bonds is 3. The first-order chi connectivity index (χ1) is 7.83. The van der Waals surface area contributed by atoms with Crippen molar-refractivity contribution in [3.05, 3.63) is 0 Å². The van der Waals surface area contributed by atoms with Crippen LogP contribution in [0.4, 0.5) is 0 Å². The lowest BCUT2D eigenvalue weighted by Gasteiger charge is -2.25. The maximum atomic E-state index is 11.3. The third-order valence-corrected chi connectivity index (χ3v) is 2.18. The van der Waals surface area contributed by atoms with Crippen LogP contribution < -0.4 is 0 Å². The molecule has 0 radical (unpaired) electrons. The highest BCUT2D eigenvalue weighted by molar-refractivity contribution is 5.97. The summed E-state index contributed by atoms with van der Waals surface area (Å²) in [6, 6.07) is 0. The smallest absolute Gasteiger partial charge is 0.353 e. The average molecular weight is 246 g/mol. The maximum absolute atomic E-state index is 11.3. The Morgan fingerprint density at radius 2 is 2.06 bits per heavy atom. The monoisotopic (exact) mass is 246 g/mol. The van der Waals surface area contributed by atoms with E-state index in [9.17, 15) is 19.2 Å². The Hall–Kier alpha value is -2.12. The molecule has 94 valence electrons. The van der Waals surface area contributed by atoms with E-state index in [4.69, 9.17) is 5.11 Å². The highest BCUT2D eigenvalue weighted by Gasteiger charge is 2.62. The van der Waals surface area contributed by atoms with Crippen LogP contribution in [0, 0.1) is 0 Å². The number of methoxy groups -OCH3 is 1. The molecular weight excluding hydrogens is 236 g/mol. The van der Waals surface area contributed by atoms with Gasteiger partial charge in [-0.1, -0.05) is 0 Å². The molecule has 0 aromatic carbocycles. The summed E-state index contributed by atoms with van der Waals surface area (Å²) >= 11 is 0. The Balaban J connectivity index is 3.16. The van der Waals surface area contributed by atoms with Gasteiger partial charge in [0, 0.05) is 6.92 Å². The fourth-order valence-corrected chi connectivity index (χ4v) is 1.50. The first kappa shape index (κ1) is 12.9. The summed E-state index contributed by atoms with van der Waals surface area (Å²) in [5, 5.41) is 9.03. The fourth-order valence-electron chi connectivity index (χ4n) is 1.50. The van der Waals surface area contributed by atoms with E-state index in [1.165, 1.54) is 0 Å². The number of carbonyl (C=O) groups is 4. The molecule has 1 heterocycles. The van der Waals surface area contributed by atoms with Crippen molar-refractivity contribution in [2.24, 2.45) is 0 Å². The number of carboxylic acid groups (broad SMARTS) is 1. The lowest BCUT2D eigenvalue weighted by molar-refractivity contribution is -0.191. The molecule has 1 aliphatic rings. The van der Waals surface area contributed by atoms with Crippen molar-refractivity contribution in [1.82, 2.24) is 0 Å². The van der Waals surface area contributed by atoms with Gasteiger partial charge in [0.05, 0.1) is 7.11 Å². The van der Waals surface area contributed by atoms with Crippen LogP contribution >= 0.6 is 0 Å². The van der Waals surface area contributed by atoms with Crippen molar-refractivity contribution in [1.29, 1.82) is 0 Å². The highest BCUT2D eigenvalue weighted by Crippen LogP contribution is 2.32. The van der Waals surface area contributed by atoms with E-state index in [1.807, 2.05) is 0 Å². The van der Waals surface area contributed by atoms with Crippen LogP contribution in [0.25, 0.3) is 0 Å². The number of cyclic esters (lactones) is 1. The molecule has 2 atom stereocenters. The Morgan fingerprint density at radius 1 is 1.47 bits per heavy atom. The highest BCUT2D eigenvalue weighted by atomic mass is 16.6. The topological polar surface area (TPSA) is 116 Å². The zero-order chi connectivity index (χ0) is 13.2. The number of hydrogen-bond acceptors (Lipinski definition) is 7. The van der Waals surface area contributed by atoms with Gasteiger partial charge >= 0.3 is 23.9 Å². The summed E-state index contributed by atoms with van der Waals surface area (Å²) in [7, 11) is 0.995. The zero-order valence-electron chi connectivity index (χ0n) is 9.09. The van der Waals surface area contributed by atoms with Crippen LogP contribution in [0.1, 0.15) is 13.3 Å². The standard InChI is InChI=1S/C9H10O8/c1-4(10)17-9(8(13)14)3-5(11)16-6(9)7(12)15-2/h6H,3H2,1-2H3,(H,13,14). The quantitative estimate of drug-likeness (QED) is 0.490. The molecule has 0 aromatic heterocycles. The van der Waals surface area contributed by atoms with Gasteiger partial charge < -0.3 is 19.3 Å². The molecule has 2 unspecified atom stereocenters. The molecule has 0 spiro atoms. The maximum Gasteiger partial charge on any atom is 0.353 e. The van der Waals surface area contributed by atoms with Crippen molar-refractivity contribution in [3.63, 3.8) is 0 Å².